The van der Waals surface area contributed by atoms with Crippen LogP contribution in [0.25, 0.3) is 0 Å². The Labute approximate surface area is 165 Å². The smallest absolute Gasteiger partial charge is 0.237 e. The molecule has 6 heteroatoms. The van der Waals surface area contributed by atoms with Crippen LogP contribution in [0.2, 0.25) is 0 Å². The van der Waals surface area contributed by atoms with Crippen LogP contribution >= 0.6 is 11.8 Å². The van der Waals surface area contributed by atoms with Gasteiger partial charge in [-0.25, -0.2) is 8.42 Å². The molecule has 144 valence electrons. The van der Waals surface area contributed by atoms with Gasteiger partial charge in [-0.2, -0.15) is 0 Å². The largest absolute Gasteiger partial charge is 0.308 e. The van der Waals surface area contributed by atoms with E-state index < -0.39 is 9.84 Å². The van der Waals surface area contributed by atoms with E-state index in [4.69, 9.17) is 0 Å². The van der Waals surface area contributed by atoms with Crippen LogP contribution in [0.4, 0.5) is 5.69 Å². The molecular formula is C21H25NO3S2. The summed E-state index contributed by atoms with van der Waals surface area (Å²) in [6.45, 7) is 4.15. The molecule has 0 saturated carbocycles. The predicted molar refractivity (Wildman–Crippen MR) is 113 cm³/mol. The van der Waals surface area contributed by atoms with Crippen molar-refractivity contribution in [3.8, 4) is 0 Å². The molecule has 0 aromatic heterocycles. The monoisotopic (exact) mass is 403 g/mol. The van der Waals surface area contributed by atoms with E-state index in [-0.39, 0.29) is 23.5 Å². The number of aryl methyl sites for hydroxylation is 2. The normalized spacial score (nSPS) is 18.4. The van der Waals surface area contributed by atoms with Gasteiger partial charge in [-0.05, 0) is 38.0 Å². The van der Waals surface area contributed by atoms with Gasteiger partial charge in [0.1, 0.15) is 0 Å². The Hall–Kier alpha value is -1.79. The third-order valence-electron chi connectivity index (χ3n) is 4.65. The van der Waals surface area contributed by atoms with E-state index in [2.05, 4.69) is 32.0 Å². The van der Waals surface area contributed by atoms with Gasteiger partial charge < -0.3 is 4.90 Å². The first-order valence-corrected chi connectivity index (χ1v) is 12.0. The topological polar surface area (TPSA) is 54.5 Å². The summed E-state index contributed by atoms with van der Waals surface area (Å²) in [6.07, 6.45) is 0.505. The van der Waals surface area contributed by atoms with E-state index in [0.717, 1.165) is 11.4 Å². The van der Waals surface area contributed by atoms with Crippen molar-refractivity contribution < 1.29 is 13.2 Å². The minimum atomic E-state index is -3.06. The highest BCUT2D eigenvalue weighted by molar-refractivity contribution is 7.99. The van der Waals surface area contributed by atoms with Crippen molar-refractivity contribution in [3.05, 3.63) is 65.2 Å². The summed E-state index contributed by atoms with van der Waals surface area (Å²) in [5, 5.41) is 0. The van der Waals surface area contributed by atoms with Crippen molar-refractivity contribution >= 4 is 33.2 Å². The van der Waals surface area contributed by atoms with Crippen LogP contribution in [-0.4, -0.2) is 37.6 Å². The van der Waals surface area contributed by atoms with Crippen molar-refractivity contribution in [1.29, 1.82) is 0 Å². The Kier molecular flexibility index (Phi) is 6.27. The van der Waals surface area contributed by atoms with E-state index in [9.17, 15) is 13.2 Å². The second kappa shape index (κ2) is 8.48. The summed E-state index contributed by atoms with van der Waals surface area (Å²) >= 11 is 1.57. The summed E-state index contributed by atoms with van der Waals surface area (Å²) in [5.74, 6) is 1.27. The lowest BCUT2D eigenvalue weighted by molar-refractivity contribution is -0.116. The molecule has 0 N–H and O–H groups in total. The van der Waals surface area contributed by atoms with Crippen molar-refractivity contribution in [1.82, 2.24) is 0 Å². The average Bonchev–Trinajstić information content (AvgIpc) is 2.95. The maximum Gasteiger partial charge on any atom is 0.237 e. The van der Waals surface area contributed by atoms with Crippen LogP contribution in [-0.2, 0) is 20.4 Å². The number of thioether (sulfide) groups is 1. The number of benzene rings is 2. The van der Waals surface area contributed by atoms with E-state index in [1.54, 1.807) is 16.7 Å². The van der Waals surface area contributed by atoms with Gasteiger partial charge >= 0.3 is 0 Å². The third-order valence-corrected chi connectivity index (χ3v) is 7.39. The molecule has 1 aliphatic heterocycles. The lowest BCUT2D eigenvalue weighted by Crippen LogP contribution is -2.42. The molecule has 1 aliphatic rings. The van der Waals surface area contributed by atoms with Gasteiger partial charge in [0.05, 0.1) is 23.3 Å². The Morgan fingerprint density at radius 1 is 1.11 bits per heavy atom. The second-order valence-electron chi connectivity index (χ2n) is 7.14. The minimum absolute atomic E-state index is 0.0299. The van der Waals surface area contributed by atoms with Crippen LogP contribution < -0.4 is 4.90 Å². The van der Waals surface area contributed by atoms with Gasteiger partial charge in [-0.15, -0.1) is 11.8 Å². The van der Waals surface area contributed by atoms with E-state index in [1.807, 2.05) is 30.3 Å². The Morgan fingerprint density at radius 3 is 2.37 bits per heavy atom. The Bertz CT molecular complexity index is 890. The standard InChI is InChI=1S/C21H25NO3S2/c1-16-10-17(2)12-18(11-16)13-26-14-21(23)22(19-6-4-3-5-7-19)20-8-9-27(24,25)15-20/h3-7,10-12,20H,8-9,13-15H2,1-2H3/t20-/m0/s1. The molecule has 0 unspecified atom stereocenters. The summed E-state index contributed by atoms with van der Waals surface area (Å²) in [6, 6.07) is 15.5. The Morgan fingerprint density at radius 2 is 1.78 bits per heavy atom. The van der Waals surface area contributed by atoms with Gasteiger partial charge in [-0.3, -0.25) is 4.79 Å². The molecule has 1 atom stereocenters. The molecule has 4 nitrogen and oxygen atoms in total. The molecule has 1 fully saturated rings. The fourth-order valence-corrected chi connectivity index (χ4v) is 6.12. The van der Waals surface area contributed by atoms with Crippen LogP contribution in [0.15, 0.2) is 48.5 Å². The molecule has 1 saturated heterocycles. The summed E-state index contributed by atoms with van der Waals surface area (Å²) in [5.41, 5.74) is 4.43. The number of para-hydroxylation sites is 1. The van der Waals surface area contributed by atoms with Gasteiger partial charge in [0.15, 0.2) is 9.84 Å². The molecule has 2 aromatic rings. The first-order chi connectivity index (χ1) is 12.8. The van der Waals surface area contributed by atoms with E-state index >= 15 is 0 Å². The zero-order valence-corrected chi connectivity index (χ0v) is 17.4. The van der Waals surface area contributed by atoms with Crippen molar-refractivity contribution in [2.24, 2.45) is 0 Å². The lowest BCUT2D eigenvalue weighted by Gasteiger charge is -2.28. The highest BCUT2D eigenvalue weighted by Gasteiger charge is 2.35. The van der Waals surface area contributed by atoms with Crippen LogP contribution in [0.1, 0.15) is 23.1 Å². The number of hydrogen-bond donors (Lipinski definition) is 0. The van der Waals surface area contributed by atoms with E-state index in [0.29, 0.717) is 12.2 Å². The second-order valence-corrected chi connectivity index (χ2v) is 10.4. The highest BCUT2D eigenvalue weighted by atomic mass is 32.2. The molecule has 0 spiro atoms. The van der Waals surface area contributed by atoms with E-state index in [1.165, 1.54) is 16.7 Å². The maximum atomic E-state index is 13.0. The summed E-state index contributed by atoms with van der Waals surface area (Å²) < 4.78 is 23.8. The van der Waals surface area contributed by atoms with Crippen molar-refractivity contribution in [3.63, 3.8) is 0 Å². The third kappa shape index (κ3) is 5.36. The number of nitrogens with zero attached hydrogens (tertiary/aromatic N) is 1. The molecule has 2 aromatic carbocycles. The molecule has 3 rings (SSSR count). The van der Waals surface area contributed by atoms with Crippen LogP contribution in [0, 0.1) is 13.8 Å². The zero-order chi connectivity index (χ0) is 19.4. The average molecular weight is 404 g/mol. The number of sulfone groups is 1. The molecule has 0 radical (unpaired) electrons. The first-order valence-electron chi connectivity index (χ1n) is 9.06. The van der Waals surface area contributed by atoms with Crippen LogP contribution in [0.5, 0.6) is 0 Å². The molecule has 1 amide bonds. The fourth-order valence-electron chi connectivity index (χ4n) is 3.60. The van der Waals surface area contributed by atoms with Crippen LogP contribution in [0.3, 0.4) is 0 Å². The van der Waals surface area contributed by atoms with Gasteiger partial charge in [0, 0.05) is 11.4 Å². The van der Waals surface area contributed by atoms with Crippen molar-refractivity contribution in [2.45, 2.75) is 32.1 Å². The molecule has 0 aliphatic carbocycles. The van der Waals surface area contributed by atoms with Gasteiger partial charge in [-0.1, -0.05) is 47.5 Å². The van der Waals surface area contributed by atoms with Gasteiger partial charge in [0.2, 0.25) is 5.91 Å². The predicted octanol–water partition coefficient (Wildman–Crippen LogP) is 3.76. The Balaban J connectivity index is 1.69. The molecule has 27 heavy (non-hydrogen) atoms. The zero-order valence-electron chi connectivity index (χ0n) is 15.7. The molecule has 0 bridgehead atoms. The number of hydrogen-bond acceptors (Lipinski definition) is 4. The first kappa shape index (κ1) is 20.0. The summed E-state index contributed by atoms with van der Waals surface area (Å²) in [4.78, 5) is 14.7. The summed E-state index contributed by atoms with van der Waals surface area (Å²) in [7, 11) is -3.06. The van der Waals surface area contributed by atoms with Crippen molar-refractivity contribution in [2.75, 3.05) is 22.2 Å². The number of rotatable bonds is 6. The quantitative estimate of drug-likeness (QED) is 0.737. The minimum Gasteiger partial charge on any atom is -0.308 e. The van der Waals surface area contributed by atoms with Gasteiger partial charge in [0.25, 0.3) is 0 Å². The highest BCUT2D eigenvalue weighted by Crippen LogP contribution is 2.26. The maximum absolute atomic E-state index is 13.0. The number of carbonyl (C=O) groups excluding carboxylic acids is 1. The number of amides is 1. The number of anilines is 1. The molecular weight excluding hydrogens is 378 g/mol. The lowest BCUT2D eigenvalue weighted by atomic mass is 10.1. The SMILES string of the molecule is Cc1cc(C)cc(CSCC(=O)N(c2ccccc2)[C@H]2CCS(=O)(=O)C2)c1. The fraction of sp³-hybridized carbons (Fsp3) is 0.381. The molecule has 1 heterocycles. The number of carbonyl (C=O) groups is 1.